The second-order valence-corrected chi connectivity index (χ2v) is 6.51. The molecule has 30 heavy (non-hydrogen) atoms. The van der Waals surface area contributed by atoms with Gasteiger partial charge in [-0.25, -0.2) is 9.97 Å². The molecule has 162 valence electrons. The van der Waals surface area contributed by atoms with E-state index in [0.717, 1.165) is 41.3 Å². The first-order chi connectivity index (χ1) is 14.6. The Bertz CT molecular complexity index is 908. The highest BCUT2D eigenvalue weighted by molar-refractivity contribution is 5.87. The number of aryl methyl sites for hydroxylation is 2. The van der Waals surface area contributed by atoms with E-state index in [1.54, 1.807) is 17.9 Å². The van der Waals surface area contributed by atoms with Gasteiger partial charge in [-0.15, -0.1) is 0 Å². The van der Waals surface area contributed by atoms with Gasteiger partial charge in [0.1, 0.15) is 5.69 Å². The largest absolute Gasteiger partial charge is 0.493 e. The second kappa shape index (κ2) is 11.3. The molecule has 0 aromatic carbocycles. The third-order valence-electron chi connectivity index (χ3n) is 4.65. The number of rotatable bonds is 6. The molecular formula is C23H33N5O2. The van der Waals surface area contributed by atoms with Crippen LogP contribution in [0, 0.1) is 6.92 Å². The lowest BCUT2D eigenvalue weighted by Crippen LogP contribution is -2.37. The monoisotopic (exact) mass is 411 g/mol. The smallest absolute Gasteiger partial charge is 0.226 e. The quantitative estimate of drug-likeness (QED) is 0.668. The molecule has 1 saturated heterocycles. The van der Waals surface area contributed by atoms with Gasteiger partial charge < -0.3 is 14.4 Å². The first kappa shape index (κ1) is 23.3. The van der Waals surface area contributed by atoms with Crippen molar-refractivity contribution in [3.05, 3.63) is 54.2 Å². The highest BCUT2D eigenvalue weighted by Gasteiger charge is 2.20. The maximum atomic E-state index is 5.63. The van der Waals surface area contributed by atoms with Crippen LogP contribution in [0.15, 0.2) is 37.1 Å². The van der Waals surface area contributed by atoms with Crippen LogP contribution in [-0.2, 0) is 11.8 Å². The number of hydrogen-bond acceptors (Lipinski definition) is 6. The maximum absolute atomic E-state index is 5.63. The van der Waals surface area contributed by atoms with Gasteiger partial charge in [0.25, 0.3) is 0 Å². The molecule has 3 heterocycles. The first-order valence-electron chi connectivity index (χ1n) is 10.3. The van der Waals surface area contributed by atoms with Crippen LogP contribution in [0.1, 0.15) is 37.9 Å². The molecule has 0 radical (unpaired) electrons. The lowest BCUT2D eigenvalue weighted by molar-refractivity contribution is 0.122. The van der Waals surface area contributed by atoms with E-state index in [1.807, 2.05) is 59.2 Å². The zero-order valence-corrected chi connectivity index (χ0v) is 19.0. The van der Waals surface area contributed by atoms with Gasteiger partial charge in [-0.1, -0.05) is 32.6 Å². The molecule has 0 amide bonds. The molecule has 7 heteroatoms. The van der Waals surface area contributed by atoms with Crippen molar-refractivity contribution in [1.29, 1.82) is 0 Å². The predicted molar refractivity (Wildman–Crippen MR) is 123 cm³/mol. The number of morpholine rings is 1. The Hall–Kier alpha value is -2.93. The predicted octanol–water partition coefficient (Wildman–Crippen LogP) is 4.06. The summed E-state index contributed by atoms with van der Waals surface area (Å²) in [7, 11) is 3.54. The minimum Gasteiger partial charge on any atom is -0.493 e. The molecule has 2 aromatic heterocycles. The maximum Gasteiger partial charge on any atom is 0.226 e. The molecular weight excluding hydrogens is 378 g/mol. The summed E-state index contributed by atoms with van der Waals surface area (Å²) >= 11 is 0. The Morgan fingerprint density at radius 2 is 1.90 bits per heavy atom. The Morgan fingerprint density at radius 1 is 1.20 bits per heavy atom. The average Bonchev–Trinajstić information content (AvgIpc) is 3.22. The fourth-order valence-electron chi connectivity index (χ4n) is 3.16. The van der Waals surface area contributed by atoms with Crippen LogP contribution in [0.3, 0.4) is 0 Å². The minimum absolute atomic E-state index is 0.652. The topological polar surface area (TPSA) is 65.3 Å². The van der Waals surface area contributed by atoms with E-state index < -0.39 is 0 Å². The summed E-state index contributed by atoms with van der Waals surface area (Å²) in [5, 5.41) is 4.50. The van der Waals surface area contributed by atoms with Gasteiger partial charge in [0.2, 0.25) is 5.95 Å². The van der Waals surface area contributed by atoms with E-state index in [9.17, 15) is 0 Å². The second-order valence-electron chi connectivity index (χ2n) is 6.51. The van der Waals surface area contributed by atoms with Gasteiger partial charge >= 0.3 is 0 Å². The number of ether oxygens (including phenoxy) is 2. The molecule has 0 unspecified atom stereocenters. The average molecular weight is 412 g/mol. The molecule has 1 fully saturated rings. The van der Waals surface area contributed by atoms with Crippen LogP contribution in [0.5, 0.6) is 5.75 Å². The van der Waals surface area contributed by atoms with E-state index in [0.29, 0.717) is 24.9 Å². The lowest BCUT2D eigenvalue weighted by atomic mass is 10.0. The standard InChI is InChI=1S/C21H27N5O2.C2H6/c1-6-16(18-8-9-25(4)24-18)14-17(7-2)19-20(27-5)15(3)22-21(23-19)26-10-12-28-13-11-26;1-2/h6-9,14H,2,10-13H2,1,3-5H3;1-2H3/b16-6+,17-14+;. The van der Waals surface area contributed by atoms with Crippen molar-refractivity contribution >= 4 is 17.1 Å². The number of allylic oxidation sites excluding steroid dienone is 5. The van der Waals surface area contributed by atoms with E-state index in [-0.39, 0.29) is 0 Å². The first-order valence-corrected chi connectivity index (χ1v) is 10.3. The van der Waals surface area contributed by atoms with E-state index in [2.05, 4.69) is 21.6 Å². The normalized spacial score (nSPS) is 14.8. The van der Waals surface area contributed by atoms with Crippen molar-refractivity contribution in [1.82, 2.24) is 19.7 Å². The Balaban J connectivity index is 0.00000155. The number of aromatic nitrogens is 4. The zero-order valence-electron chi connectivity index (χ0n) is 19.0. The third kappa shape index (κ3) is 5.36. The molecule has 0 bridgehead atoms. The molecule has 2 aromatic rings. The van der Waals surface area contributed by atoms with Gasteiger partial charge in [0.15, 0.2) is 5.75 Å². The Morgan fingerprint density at radius 3 is 2.43 bits per heavy atom. The number of anilines is 1. The molecule has 0 aliphatic carbocycles. The molecule has 1 aliphatic rings. The molecule has 0 saturated carbocycles. The highest BCUT2D eigenvalue weighted by Crippen LogP contribution is 2.31. The van der Waals surface area contributed by atoms with Crippen molar-refractivity contribution < 1.29 is 9.47 Å². The van der Waals surface area contributed by atoms with Gasteiger partial charge in [-0.05, 0) is 31.6 Å². The van der Waals surface area contributed by atoms with Crippen molar-refractivity contribution in [2.24, 2.45) is 7.05 Å². The summed E-state index contributed by atoms with van der Waals surface area (Å²) in [6.07, 6.45) is 7.77. The summed E-state index contributed by atoms with van der Waals surface area (Å²) in [6.45, 7) is 14.8. The van der Waals surface area contributed by atoms with Crippen molar-refractivity contribution in [2.75, 3.05) is 38.3 Å². The molecule has 3 rings (SSSR count). The fourth-order valence-corrected chi connectivity index (χ4v) is 3.16. The summed E-state index contributed by atoms with van der Waals surface area (Å²) < 4.78 is 12.9. The van der Waals surface area contributed by atoms with Crippen LogP contribution >= 0.6 is 0 Å². The van der Waals surface area contributed by atoms with Crippen LogP contribution < -0.4 is 9.64 Å². The number of nitrogens with zero attached hydrogens (tertiary/aromatic N) is 5. The van der Waals surface area contributed by atoms with Crippen LogP contribution in [-0.4, -0.2) is 53.2 Å². The van der Waals surface area contributed by atoms with Crippen molar-refractivity contribution in [3.8, 4) is 5.75 Å². The molecule has 1 aliphatic heterocycles. The molecule has 0 N–H and O–H groups in total. The minimum atomic E-state index is 0.652. The van der Waals surface area contributed by atoms with Crippen LogP contribution in [0.2, 0.25) is 0 Å². The Labute approximate surface area is 179 Å². The fraction of sp³-hybridized carbons (Fsp3) is 0.435. The van der Waals surface area contributed by atoms with Crippen LogP contribution in [0.4, 0.5) is 5.95 Å². The molecule has 0 spiro atoms. The van der Waals surface area contributed by atoms with Gasteiger partial charge in [0, 0.05) is 31.9 Å². The molecule has 7 nitrogen and oxygen atoms in total. The third-order valence-corrected chi connectivity index (χ3v) is 4.65. The van der Waals surface area contributed by atoms with Crippen LogP contribution in [0.25, 0.3) is 11.1 Å². The Kier molecular flexibility index (Phi) is 8.80. The van der Waals surface area contributed by atoms with Gasteiger partial charge in [0.05, 0.1) is 31.7 Å². The zero-order chi connectivity index (χ0) is 22.1. The summed E-state index contributed by atoms with van der Waals surface area (Å²) in [5.41, 5.74) is 4.25. The van der Waals surface area contributed by atoms with Crippen molar-refractivity contribution in [3.63, 3.8) is 0 Å². The summed E-state index contributed by atoms with van der Waals surface area (Å²) in [6, 6.07) is 1.98. The van der Waals surface area contributed by atoms with E-state index >= 15 is 0 Å². The summed E-state index contributed by atoms with van der Waals surface area (Å²) in [4.78, 5) is 11.6. The van der Waals surface area contributed by atoms with Crippen molar-refractivity contribution in [2.45, 2.75) is 27.7 Å². The number of hydrogen-bond donors (Lipinski definition) is 0. The highest BCUT2D eigenvalue weighted by atomic mass is 16.5. The molecule has 0 atom stereocenters. The lowest BCUT2D eigenvalue weighted by Gasteiger charge is -2.27. The van der Waals surface area contributed by atoms with Gasteiger partial charge in [-0.3, -0.25) is 4.68 Å². The van der Waals surface area contributed by atoms with E-state index in [4.69, 9.17) is 14.5 Å². The van der Waals surface area contributed by atoms with E-state index in [1.165, 1.54) is 0 Å². The number of methoxy groups -OCH3 is 1. The van der Waals surface area contributed by atoms with Gasteiger partial charge in [-0.2, -0.15) is 5.10 Å². The summed E-state index contributed by atoms with van der Waals surface area (Å²) in [5.74, 6) is 1.34. The SMILES string of the molecule is C=C/C(=C\C(=C/C)c1ccn(C)n1)c1nc(N2CCOCC2)nc(C)c1OC.CC.